The van der Waals surface area contributed by atoms with Crippen molar-refractivity contribution in [1.29, 1.82) is 0 Å². The number of allylic oxidation sites excluding steroid dienone is 5. The summed E-state index contributed by atoms with van der Waals surface area (Å²) in [5.74, 6) is -0.685. The number of hydrogen-bond acceptors (Lipinski definition) is 4. The van der Waals surface area contributed by atoms with Gasteiger partial charge in [-0.3, -0.25) is 0 Å². The van der Waals surface area contributed by atoms with Crippen molar-refractivity contribution in [2.45, 2.75) is 52.0 Å². The van der Waals surface area contributed by atoms with Crippen LogP contribution >= 0.6 is 0 Å². The molecule has 5 rings (SSSR count). The fraction of sp³-hybridized carbons (Fsp3) is 0.296. The van der Waals surface area contributed by atoms with E-state index in [4.69, 9.17) is 9.97 Å². The second-order valence-corrected chi connectivity index (χ2v) is 9.31. The van der Waals surface area contributed by atoms with Crippen molar-refractivity contribution in [2.75, 3.05) is 5.32 Å². The Morgan fingerprint density at radius 2 is 2.08 bits per heavy atom. The number of anilines is 1. The molecular formula is C27H27F3N6. The molecule has 1 aliphatic carbocycles. The van der Waals surface area contributed by atoms with Crippen molar-refractivity contribution in [3.63, 3.8) is 0 Å². The summed E-state index contributed by atoms with van der Waals surface area (Å²) < 4.78 is 44.0. The summed E-state index contributed by atoms with van der Waals surface area (Å²) in [7, 11) is 0. The number of hydrogen-bond donors (Lipinski definition) is 2. The molecule has 0 fully saturated rings. The molecule has 0 amide bonds. The SMILES string of the molecule is C=C/C(F)=C\C(=C/C)c1nc(N[C@H]2CCc3[nH]c4c(F)cc(F)cc4c3C2)n2ncc(C(C)C)c2n1. The minimum atomic E-state index is -0.601. The molecule has 3 aromatic heterocycles. The fourth-order valence-corrected chi connectivity index (χ4v) is 4.76. The van der Waals surface area contributed by atoms with Gasteiger partial charge in [-0.05, 0) is 55.9 Å². The smallest absolute Gasteiger partial charge is 0.228 e. The molecule has 4 aromatic rings. The second-order valence-electron chi connectivity index (χ2n) is 9.31. The van der Waals surface area contributed by atoms with Crippen LogP contribution in [0.4, 0.5) is 19.1 Å². The van der Waals surface area contributed by atoms with Crippen molar-refractivity contribution < 1.29 is 13.2 Å². The lowest BCUT2D eigenvalue weighted by molar-refractivity contribution is 0.591. The van der Waals surface area contributed by atoms with E-state index < -0.39 is 17.5 Å². The van der Waals surface area contributed by atoms with Gasteiger partial charge in [0, 0.05) is 34.3 Å². The minimum Gasteiger partial charge on any atom is -0.356 e. The first-order valence-corrected chi connectivity index (χ1v) is 12.0. The second kappa shape index (κ2) is 9.29. The Kier molecular flexibility index (Phi) is 6.15. The number of H-pyrrole nitrogens is 1. The third kappa shape index (κ3) is 4.19. The van der Waals surface area contributed by atoms with E-state index in [2.05, 4.69) is 35.8 Å². The van der Waals surface area contributed by atoms with Crippen LogP contribution in [0.2, 0.25) is 0 Å². The average Bonchev–Trinajstić information content (AvgIpc) is 3.44. The number of fused-ring (bicyclic) bond motifs is 4. The first-order valence-electron chi connectivity index (χ1n) is 12.0. The number of halogens is 3. The zero-order valence-corrected chi connectivity index (χ0v) is 20.4. The normalized spacial score (nSPS) is 16.7. The summed E-state index contributed by atoms with van der Waals surface area (Å²) in [6, 6.07) is 2.21. The van der Waals surface area contributed by atoms with Gasteiger partial charge >= 0.3 is 0 Å². The van der Waals surface area contributed by atoms with Crippen LogP contribution in [0, 0.1) is 11.6 Å². The van der Waals surface area contributed by atoms with Crippen LogP contribution in [0.1, 0.15) is 55.8 Å². The number of rotatable bonds is 6. The molecule has 0 aliphatic heterocycles. The number of benzene rings is 1. The van der Waals surface area contributed by atoms with Gasteiger partial charge in [0.15, 0.2) is 11.5 Å². The van der Waals surface area contributed by atoms with Gasteiger partial charge in [0.05, 0.1) is 11.7 Å². The van der Waals surface area contributed by atoms with Gasteiger partial charge in [-0.2, -0.15) is 14.6 Å². The van der Waals surface area contributed by atoms with E-state index in [1.54, 1.807) is 23.7 Å². The molecular weight excluding hydrogens is 465 g/mol. The Morgan fingerprint density at radius 1 is 1.28 bits per heavy atom. The highest BCUT2D eigenvalue weighted by molar-refractivity contribution is 5.85. The van der Waals surface area contributed by atoms with Gasteiger partial charge < -0.3 is 10.3 Å². The molecule has 9 heteroatoms. The lowest BCUT2D eigenvalue weighted by atomic mass is 9.91. The van der Waals surface area contributed by atoms with E-state index in [-0.39, 0.29) is 12.0 Å². The molecule has 0 bridgehead atoms. The number of nitrogens with zero attached hydrogens (tertiary/aromatic N) is 4. The van der Waals surface area contributed by atoms with Crippen molar-refractivity contribution in [3.8, 4) is 0 Å². The van der Waals surface area contributed by atoms with Crippen LogP contribution in [-0.4, -0.2) is 30.6 Å². The van der Waals surface area contributed by atoms with E-state index >= 15 is 0 Å². The topological polar surface area (TPSA) is 70.9 Å². The van der Waals surface area contributed by atoms with Crippen LogP contribution in [0.15, 0.2) is 49.0 Å². The van der Waals surface area contributed by atoms with Gasteiger partial charge in [-0.15, -0.1) is 0 Å². The standard InChI is InChI=1S/C27H27F3N6/c1-5-15(9-16(28)6-2)25-34-26-21(14(3)4)13-31-36(26)27(35-25)32-18-7-8-23-19(12-18)20-10-17(29)11-22(30)24(20)33-23/h5-6,9-11,13-14,18,33H,2,7-8,12H2,1,3-4H3,(H,32,34,35)/b15-5+,16-9+/t18-/m0/s1. The highest BCUT2D eigenvalue weighted by Gasteiger charge is 2.26. The molecule has 0 spiro atoms. The highest BCUT2D eigenvalue weighted by Crippen LogP contribution is 2.32. The molecule has 6 nitrogen and oxygen atoms in total. The maximum Gasteiger partial charge on any atom is 0.228 e. The van der Waals surface area contributed by atoms with E-state index in [1.807, 2.05) is 0 Å². The first kappa shape index (κ1) is 23.8. The Hall–Kier alpha value is -3.88. The molecule has 3 heterocycles. The number of aromatic nitrogens is 5. The predicted octanol–water partition coefficient (Wildman–Crippen LogP) is 6.42. The zero-order valence-electron chi connectivity index (χ0n) is 20.4. The molecule has 36 heavy (non-hydrogen) atoms. The van der Waals surface area contributed by atoms with E-state index in [0.717, 1.165) is 35.4 Å². The maximum absolute atomic E-state index is 14.3. The monoisotopic (exact) mass is 492 g/mol. The molecule has 0 saturated heterocycles. The first-order chi connectivity index (χ1) is 17.3. The van der Waals surface area contributed by atoms with Gasteiger partial charge in [0.25, 0.3) is 0 Å². The van der Waals surface area contributed by atoms with E-state index in [9.17, 15) is 13.2 Å². The summed E-state index contributed by atoms with van der Waals surface area (Å²) in [5.41, 5.74) is 4.24. The van der Waals surface area contributed by atoms with E-state index in [0.29, 0.717) is 46.7 Å². The van der Waals surface area contributed by atoms with Crippen LogP contribution in [0.25, 0.3) is 22.1 Å². The fourth-order valence-electron chi connectivity index (χ4n) is 4.76. The van der Waals surface area contributed by atoms with Crippen molar-refractivity contribution in [1.82, 2.24) is 24.6 Å². The Labute approximate surface area is 206 Å². The third-order valence-corrected chi connectivity index (χ3v) is 6.62. The Morgan fingerprint density at radius 3 is 2.81 bits per heavy atom. The lowest BCUT2D eigenvalue weighted by Crippen LogP contribution is -2.29. The summed E-state index contributed by atoms with van der Waals surface area (Å²) in [6.45, 7) is 9.37. The molecule has 0 saturated carbocycles. The molecule has 1 atom stereocenters. The van der Waals surface area contributed by atoms with Crippen molar-refractivity contribution in [3.05, 3.63) is 83.2 Å². The summed E-state index contributed by atoms with van der Waals surface area (Å²) >= 11 is 0. The molecule has 2 N–H and O–H groups in total. The molecule has 1 aromatic carbocycles. The van der Waals surface area contributed by atoms with Crippen LogP contribution < -0.4 is 5.32 Å². The van der Waals surface area contributed by atoms with Gasteiger partial charge in [0.1, 0.15) is 17.5 Å². The Bertz CT molecular complexity index is 1540. The largest absolute Gasteiger partial charge is 0.356 e. The summed E-state index contributed by atoms with van der Waals surface area (Å²) in [5, 5.41) is 8.55. The third-order valence-electron chi connectivity index (χ3n) is 6.62. The molecule has 0 unspecified atom stereocenters. The molecule has 0 radical (unpaired) electrons. The average molecular weight is 493 g/mol. The number of aromatic amines is 1. The van der Waals surface area contributed by atoms with Crippen LogP contribution in [0.5, 0.6) is 0 Å². The van der Waals surface area contributed by atoms with Crippen molar-refractivity contribution >= 4 is 28.1 Å². The van der Waals surface area contributed by atoms with Crippen molar-refractivity contribution in [2.24, 2.45) is 0 Å². The highest BCUT2D eigenvalue weighted by atomic mass is 19.1. The molecule has 1 aliphatic rings. The summed E-state index contributed by atoms with van der Waals surface area (Å²) in [4.78, 5) is 12.5. The molecule has 186 valence electrons. The van der Waals surface area contributed by atoms with Crippen LogP contribution in [0.3, 0.4) is 0 Å². The quantitative estimate of drug-likeness (QED) is 0.305. The number of nitrogens with one attached hydrogen (secondary N) is 2. The van der Waals surface area contributed by atoms with E-state index in [1.165, 1.54) is 12.1 Å². The van der Waals surface area contributed by atoms with Crippen LogP contribution in [-0.2, 0) is 12.8 Å². The predicted molar refractivity (Wildman–Crippen MR) is 136 cm³/mol. The summed E-state index contributed by atoms with van der Waals surface area (Å²) in [6.07, 6.45) is 7.97. The maximum atomic E-state index is 14.3. The lowest BCUT2D eigenvalue weighted by Gasteiger charge is -2.24. The Balaban J connectivity index is 1.56. The number of aryl methyl sites for hydroxylation is 1. The van der Waals surface area contributed by atoms with Gasteiger partial charge in [-0.1, -0.05) is 26.5 Å². The minimum absolute atomic E-state index is 0.0602. The van der Waals surface area contributed by atoms with Gasteiger partial charge in [-0.25, -0.2) is 18.2 Å². The van der Waals surface area contributed by atoms with Gasteiger partial charge in [0.2, 0.25) is 5.95 Å². The zero-order chi connectivity index (χ0) is 25.6.